The minimum Gasteiger partial charge on any atom is -0.334 e. The first-order valence-electron chi connectivity index (χ1n) is 10.4. The van der Waals surface area contributed by atoms with Crippen LogP contribution in [0, 0.1) is 5.82 Å². The molecule has 0 saturated carbocycles. The molecule has 1 heterocycles. The summed E-state index contributed by atoms with van der Waals surface area (Å²) in [7, 11) is 0. The molecule has 0 aliphatic heterocycles. The number of para-hydroxylation sites is 2. The molecule has 1 aromatic heterocycles. The van der Waals surface area contributed by atoms with Crippen LogP contribution in [0.2, 0.25) is 0 Å². The largest absolute Gasteiger partial charge is 0.334 e. The molecule has 0 fully saturated rings. The maximum Gasteiger partial charge on any atom is 0.317 e. The van der Waals surface area contributed by atoms with E-state index in [-0.39, 0.29) is 11.8 Å². The fourth-order valence-electron chi connectivity index (χ4n) is 3.57. The molecule has 0 aliphatic carbocycles. The summed E-state index contributed by atoms with van der Waals surface area (Å²) in [6.45, 7) is 4.00. The lowest BCUT2D eigenvalue weighted by atomic mass is 10.1. The van der Waals surface area contributed by atoms with E-state index in [1.54, 1.807) is 11.0 Å². The van der Waals surface area contributed by atoms with Gasteiger partial charge in [0, 0.05) is 26.2 Å². The minimum absolute atomic E-state index is 0.166. The van der Waals surface area contributed by atoms with E-state index in [1.807, 2.05) is 49.6 Å². The fourth-order valence-corrected chi connectivity index (χ4v) is 3.57. The van der Waals surface area contributed by atoms with Crippen LogP contribution < -0.4 is 5.32 Å². The maximum atomic E-state index is 13.4. The number of amides is 2. The molecule has 2 amide bonds. The van der Waals surface area contributed by atoms with Gasteiger partial charge in [-0.15, -0.1) is 0 Å². The minimum atomic E-state index is -0.294. The number of aromatic nitrogens is 2. The summed E-state index contributed by atoms with van der Waals surface area (Å²) in [5.41, 5.74) is 5.06. The van der Waals surface area contributed by atoms with Crippen molar-refractivity contribution >= 4 is 17.1 Å². The predicted molar refractivity (Wildman–Crippen MR) is 120 cm³/mol. The molecule has 0 aliphatic rings. The van der Waals surface area contributed by atoms with E-state index in [0.29, 0.717) is 19.6 Å². The van der Waals surface area contributed by atoms with Crippen LogP contribution in [0.4, 0.5) is 9.18 Å². The number of urea groups is 1. The molecule has 6 heteroatoms. The molecule has 0 radical (unpaired) electrons. The van der Waals surface area contributed by atoms with E-state index in [4.69, 9.17) is 0 Å². The standard InChI is InChI=1S/C25H25FN4O/c1-2-29(17-21-6-5-7-22(26)14-21)25(31)27-15-19-10-12-20(13-11-19)16-30-18-28-23-8-3-4-9-24(23)30/h3-14,18H,2,15-17H2,1H3,(H,27,31). The predicted octanol–water partition coefficient (Wildman–Crippen LogP) is 4.96. The molecule has 0 unspecified atom stereocenters. The highest BCUT2D eigenvalue weighted by atomic mass is 19.1. The van der Waals surface area contributed by atoms with Crippen LogP contribution in [0.5, 0.6) is 0 Å². The number of carbonyl (C=O) groups is 1. The van der Waals surface area contributed by atoms with Gasteiger partial charge in [0.25, 0.3) is 0 Å². The Morgan fingerprint density at radius 3 is 2.55 bits per heavy atom. The summed E-state index contributed by atoms with van der Waals surface area (Å²) in [5.74, 6) is -0.294. The van der Waals surface area contributed by atoms with Crippen molar-refractivity contribution in [3.05, 3.63) is 102 Å². The highest BCUT2D eigenvalue weighted by Crippen LogP contribution is 2.15. The van der Waals surface area contributed by atoms with Gasteiger partial charge in [0.1, 0.15) is 5.82 Å². The Morgan fingerprint density at radius 1 is 1.00 bits per heavy atom. The summed E-state index contributed by atoms with van der Waals surface area (Å²) in [4.78, 5) is 18.6. The molecule has 0 atom stereocenters. The van der Waals surface area contributed by atoms with Crippen LogP contribution in [-0.2, 0) is 19.6 Å². The van der Waals surface area contributed by atoms with Crippen molar-refractivity contribution in [3.63, 3.8) is 0 Å². The smallest absolute Gasteiger partial charge is 0.317 e. The molecule has 4 aromatic rings. The molecule has 5 nitrogen and oxygen atoms in total. The zero-order valence-electron chi connectivity index (χ0n) is 17.5. The molecule has 3 aromatic carbocycles. The van der Waals surface area contributed by atoms with Gasteiger partial charge in [-0.25, -0.2) is 14.2 Å². The Hall–Kier alpha value is -3.67. The summed E-state index contributed by atoms with van der Waals surface area (Å²) < 4.78 is 15.5. The summed E-state index contributed by atoms with van der Waals surface area (Å²) >= 11 is 0. The highest BCUT2D eigenvalue weighted by Gasteiger charge is 2.12. The lowest BCUT2D eigenvalue weighted by molar-refractivity contribution is 0.197. The quantitative estimate of drug-likeness (QED) is 0.463. The number of fused-ring (bicyclic) bond motifs is 1. The van der Waals surface area contributed by atoms with Gasteiger partial charge in [-0.05, 0) is 47.9 Å². The number of benzene rings is 3. The summed E-state index contributed by atoms with van der Waals surface area (Å²) in [5, 5.41) is 2.95. The summed E-state index contributed by atoms with van der Waals surface area (Å²) in [6.07, 6.45) is 1.86. The van der Waals surface area contributed by atoms with Crippen molar-refractivity contribution in [2.75, 3.05) is 6.54 Å². The van der Waals surface area contributed by atoms with Crippen molar-refractivity contribution in [1.29, 1.82) is 0 Å². The molecule has 31 heavy (non-hydrogen) atoms. The molecule has 0 bridgehead atoms. The van der Waals surface area contributed by atoms with Crippen molar-refractivity contribution < 1.29 is 9.18 Å². The average molecular weight is 417 g/mol. The van der Waals surface area contributed by atoms with Crippen LogP contribution in [0.1, 0.15) is 23.6 Å². The van der Waals surface area contributed by atoms with Gasteiger partial charge in [-0.1, -0.05) is 48.5 Å². The third kappa shape index (κ3) is 5.09. The third-order valence-corrected chi connectivity index (χ3v) is 5.28. The molecular formula is C25H25FN4O. The second-order valence-corrected chi connectivity index (χ2v) is 7.48. The maximum absolute atomic E-state index is 13.4. The second-order valence-electron chi connectivity index (χ2n) is 7.48. The van der Waals surface area contributed by atoms with Gasteiger partial charge in [0.05, 0.1) is 17.4 Å². The van der Waals surface area contributed by atoms with Crippen LogP contribution in [0.15, 0.2) is 79.1 Å². The molecule has 4 rings (SSSR count). The number of nitrogens with zero attached hydrogens (tertiary/aromatic N) is 3. The lowest BCUT2D eigenvalue weighted by Gasteiger charge is -2.21. The number of hydrogen-bond acceptors (Lipinski definition) is 2. The average Bonchev–Trinajstić information content (AvgIpc) is 3.19. The lowest BCUT2D eigenvalue weighted by Crippen LogP contribution is -2.39. The van der Waals surface area contributed by atoms with E-state index in [0.717, 1.165) is 28.7 Å². The fraction of sp³-hybridized carbons (Fsp3) is 0.200. The molecule has 158 valence electrons. The monoisotopic (exact) mass is 416 g/mol. The Bertz CT molecular complexity index is 1170. The first-order valence-corrected chi connectivity index (χ1v) is 10.4. The van der Waals surface area contributed by atoms with E-state index in [9.17, 15) is 9.18 Å². The van der Waals surface area contributed by atoms with E-state index in [1.165, 1.54) is 17.7 Å². The van der Waals surface area contributed by atoms with E-state index in [2.05, 4.69) is 33.1 Å². The number of halogens is 1. The molecule has 0 spiro atoms. The SMILES string of the molecule is CCN(Cc1cccc(F)c1)C(=O)NCc1ccc(Cn2cnc3ccccc32)cc1. The van der Waals surface area contributed by atoms with Crippen LogP contribution >= 0.6 is 0 Å². The second kappa shape index (κ2) is 9.43. The molecule has 0 saturated heterocycles. The zero-order chi connectivity index (χ0) is 21.6. The summed E-state index contributed by atoms with van der Waals surface area (Å²) in [6, 6.07) is 22.4. The van der Waals surface area contributed by atoms with Crippen molar-refractivity contribution in [1.82, 2.24) is 19.8 Å². The van der Waals surface area contributed by atoms with Gasteiger partial charge < -0.3 is 14.8 Å². The third-order valence-electron chi connectivity index (χ3n) is 5.28. The van der Waals surface area contributed by atoms with Crippen molar-refractivity contribution in [3.8, 4) is 0 Å². The number of rotatable bonds is 7. The Labute approximate surface area is 181 Å². The first-order chi connectivity index (χ1) is 15.1. The Balaban J connectivity index is 1.33. The normalized spacial score (nSPS) is 10.9. The number of nitrogens with one attached hydrogen (secondary N) is 1. The molecular weight excluding hydrogens is 391 g/mol. The topological polar surface area (TPSA) is 50.2 Å². The number of hydrogen-bond donors (Lipinski definition) is 1. The Morgan fingerprint density at radius 2 is 1.77 bits per heavy atom. The van der Waals surface area contributed by atoms with Crippen molar-refractivity contribution in [2.45, 2.75) is 26.6 Å². The first kappa shape index (κ1) is 20.6. The van der Waals surface area contributed by atoms with Crippen LogP contribution in [0.25, 0.3) is 11.0 Å². The molecule has 1 N–H and O–H groups in total. The number of carbonyl (C=O) groups excluding carboxylic acids is 1. The van der Waals surface area contributed by atoms with Gasteiger partial charge in [-0.3, -0.25) is 0 Å². The highest BCUT2D eigenvalue weighted by molar-refractivity contribution is 5.75. The van der Waals surface area contributed by atoms with Gasteiger partial charge in [0.15, 0.2) is 0 Å². The Kier molecular flexibility index (Phi) is 6.26. The van der Waals surface area contributed by atoms with Gasteiger partial charge >= 0.3 is 6.03 Å². The van der Waals surface area contributed by atoms with E-state index < -0.39 is 0 Å². The van der Waals surface area contributed by atoms with Crippen molar-refractivity contribution in [2.24, 2.45) is 0 Å². The van der Waals surface area contributed by atoms with Crippen LogP contribution in [-0.4, -0.2) is 27.0 Å². The van der Waals surface area contributed by atoms with Gasteiger partial charge in [0.2, 0.25) is 0 Å². The van der Waals surface area contributed by atoms with E-state index >= 15 is 0 Å². The number of imidazole rings is 1. The van der Waals surface area contributed by atoms with Crippen LogP contribution in [0.3, 0.4) is 0 Å². The van der Waals surface area contributed by atoms with Gasteiger partial charge in [-0.2, -0.15) is 0 Å². The zero-order valence-corrected chi connectivity index (χ0v) is 17.5.